The van der Waals surface area contributed by atoms with E-state index >= 15 is 0 Å². The van der Waals surface area contributed by atoms with Crippen molar-refractivity contribution in [3.63, 3.8) is 0 Å². The molecule has 6 nitrogen and oxygen atoms in total. The Morgan fingerprint density at radius 3 is 2.88 bits per heavy atom. The molecule has 1 saturated heterocycles. The van der Waals surface area contributed by atoms with Crippen LogP contribution in [0.4, 0.5) is 4.39 Å². The molecule has 2 N–H and O–H groups in total. The predicted molar refractivity (Wildman–Crippen MR) is 94.3 cm³/mol. The minimum absolute atomic E-state index is 0.0271. The molecule has 0 spiro atoms. The van der Waals surface area contributed by atoms with Crippen LogP contribution in [0.25, 0.3) is 0 Å². The largest absolute Gasteiger partial charge is 0.494 e. The van der Waals surface area contributed by atoms with Gasteiger partial charge in [-0.3, -0.25) is 14.7 Å². The number of aliphatic hydroxyl groups is 1. The molecule has 0 bridgehead atoms. The first kappa shape index (κ1) is 18.3. The first-order chi connectivity index (χ1) is 12.6. The number of hydrogen-bond donors (Lipinski definition) is 2. The van der Waals surface area contributed by atoms with Gasteiger partial charge in [-0.2, -0.15) is 0 Å². The molecule has 2 unspecified atom stereocenters. The van der Waals surface area contributed by atoms with Crippen LogP contribution in [0.3, 0.4) is 0 Å². The first-order valence-electron chi connectivity index (χ1n) is 8.48. The van der Waals surface area contributed by atoms with Gasteiger partial charge in [-0.25, -0.2) is 4.39 Å². The molecule has 0 radical (unpaired) electrons. The maximum Gasteiger partial charge on any atom is 0.251 e. The second-order valence-electron chi connectivity index (χ2n) is 6.39. The maximum absolute atomic E-state index is 13.8. The Kier molecular flexibility index (Phi) is 5.80. The average molecular weight is 359 g/mol. The number of methoxy groups -OCH3 is 1. The standard InChI is InChI=1S/C19H22FN3O3/c1-26-18-6-5-13(8-16(18)20)19(25)22-17-11-23(9-14(17)12-24)10-15-4-2-3-7-21-15/h2-8,14,17,24H,9-12H2,1H3,(H,22,25). The van der Waals surface area contributed by atoms with Gasteiger partial charge in [0.2, 0.25) is 0 Å². The smallest absolute Gasteiger partial charge is 0.251 e. The lowest BCUT2D eigenvalue weighted by Crippen LogP contribution is -2.41. The molecule has 26 heavy (non-hydrogen) atoms. The van der Waals surface area contributed by atoms with Crippen LogP contribution in [0, 0.1) is 11.7 Å². The zero-order chi connectivity index (χ0) is 18.5. The summed E-state index contributed by atoms with van der Waals surface area (Å²) in [6, 6.07) is 9.63. The van der Waals surface area contributed by atoms with E-state index in [4.69, 9.17) is 4.74 Å². The van der Waals surface area contributed by atoms with Crippen LogP contribution in [-0.4, -0.2) is 53.7 Å². The number of rotatable bonds is 6. The van der Waals surface area contributed by atoms with E-state index in [0.717, 1.165) is 11.8 Å². The normalized spacial score (nSPS) is 20.1. The van der Waals surface area contributed by atoms with Gasteiger partial charge in [-0.05, 0) is 30.3 Å². The van der Waals surface area contributed by atoms with Crippen molar-refractivity contribution in [1.82, 2.24) is 15.2 Å². The number of nitrogens with one attached hydrogen (secondary N) is 1. The van der Waals surface area contributed by atoms with Gasteiger partial charge < -0.3 is 15.2 Å². The lowest BCUT2D eigenvalue weighted by molar-refractivity contribution is 0.0920. The zero-order valence-electron chi connectivity index (χ0n) is 14.6. The number of ether oxygens (including phenoxy) is 1. The highest BCUT2D eigenvalue weighted by molar-refractivity contribution is 5.94. The Morgan fingerprint density at radius 1 is 1.38 bits per heavy atom. The van der Waals surface area contributed by atoms with Crippen molar-refractivity contribution in [2.45, 2.75) is 12.6 Å². The van der Waals surface area contributed by atoms with Gasteiger partial charge in [0, 0.05) is 50.0 Å². The third-order valence-corrected chi connectivity index (χ3v) is 4.59. The fourth-order valence-electron chi connectivity index (χ4n) is 3.22. The van der Waals surface area contributed by atoms with E-state index in [-0.39, 0.29) is 35.8 Å². The molecule has 3 rings (SSSR count). The number of halogens is 1. The van der Waals surface area contributed by atoms with E-state index in [1.54, 1.807) is 6.20 Å². The topological polar surface area (TPSA) is 74.7 Å². The number of hydrogen-bond acceptors (Lipinski definition) is 5. The van der Waals surface area contributed by atoms with Gasteiger partial charge in [0.25, 0.3) is 5.91 Å². The molecule has 0 saturated carbocycles. The second kappa shape index (κ2) is 8.25. The number of aliphatic hydroxyl groups excluding tert-OH is 1. The van der Waals surface area contributed by atoms with Crippen LogP contribution in [0.15, 0.2) is 42.6 Å². The Labute approximate surface area is 151 Å². The summed E-state index contributed by atoms with van der Waals surface area (Å²) in [7, 11) is 1.37. The van der Waals surface area contributed by atoms with E-state index < -0.39 is 5.82 Å². The molecule has 0 aliphatic carbocycles. The monoisotopic (exact) mass is 359 g/mol. The predicted octanol–water partition coefficient (Wildman–Crippen LogP) is 1.45. The molecule has 2 aromatic rings. The SMILES string of the molecule is COc1ccc(C(=O)NC2CN(Cc3ccccn3)CC2CO)cc1F. The van der Waals surface area contributed by atoms with Gasteiger partial charge in [-0.1, -0.05) is 6.07 Å². The van der Waals surface area contributed by atoms with Crippen LogP contribution in [0.1, 0.15) is 16.1 Å². The summed E-state index contributed by atoms with van der Waals surface area (Å²) >= 11 is 0. The van der Waals surface area contributed by atoms with Gasteiger partial charge in [0.1, 0.15) is 0 Å². The summed E-state index contributed by atoms with van der Waals surface area (Å²) in [6.07, 6.45) is 1.74. The summed E-state index contributed by atoms with van der Waals surface area (Å²) in [5.74, 6) is -0.931. The molecule has 2 atom stereocenters. The molecule has 7 heteroatoms. The molecular weight excluding hydrogens is 337 g/mol. The Balaban J connectivity index is 1.64. The maximum atomic E-state index is 13.8. The quantitative estimate of drug-likeness (QED) is 0.817. The highest BCUT2D eigenvalue weighted by Crippen LogP contribution is 2.21. The fourth-order valence-corrected chi connectivity index (χ4v) is 3.22. The van der Waals surface area contributed by atoms with Crippen molar-refractivity contribution in [1.29, 1.82) is 0 Å². The van der Waals surface area contributed by atoms with Crippen molar-refractivity contribution in [2.24, 2.45) is 5.92 Å². The zero-order valence-corrected chi connectivity index (χ0v) is 14.6. The molecular formula is C19H22FN3O3. The molecule has 1 amide bonds. The van der Waals surface area contributed by atoms with E-state index in [1.165, 1.54) is 19.2 Å². The summed E-state index contributed by atoms with van der Waals surface area (Å²) in [6.45, 7) is 1.89. The van der Waals surface area contributed by atoms with Crippen molar-refractivity contribution in [3.05, 3.63) is 59.7 Å². The Bertz CT molecular complexity index is 757. The molecule has 1 aromatic carbocycles. The fraction of sp³-hybridized carbons (Fsp3) is 0.368. The average Bonchev–Trinajstić information content (AvgIpc) is 3.03. The van der Waals surface area contributed by atoms with Crippen LogP contribution >= 0.6 is 0 Å². The van der Waals surface area contributed by atoms with Gasteiger partial charge in [0.05, 0.1) is 12.8 Å². The number of aromatic nitrogens is 1. The van der Waals surface area contributed by atoms with E-state index in [0.29, 0.717) is 19.6 Å². The highest BCUT2D eigenvalue weighted by atomic mass is 19.1. The molecule has 1 aromatic heterocycles. The van der Waals surface area contributed by atoms with Crippen molar-refractivity contribution >= 4 is 5.91 Å². The summed E-state index contributed by atoms with van der Waals surface area (Å²) in [5, 5.41) is 12.6. The molecule has 1 aliphatic rings. The highest BCUT2D eigenvalue weighted by Gasteiger charge is 2.33. The summed E-state index contributed by atoms with van der Waals surface area (Å²) in [4.78, 5) is 18.9. The Morgan fingerprint density at radius 2 is 2.23 bits per heavy atom. The number of amides is 1. The molecule has 1 fully saturated rings. The molecule has 138 valence electrons. The van der Waals surface area contributed by atoms with Crippen LogP contribution in [-0.2, 0) is 6.54 Å². The van der Waals surface area contributed by atoms with E-state index in [9.17, 15) is 14.3 Å². The minimum Gasteiger partial charge on any atom is -0.494 e. The second-order valence-corrected chi connectivity index (χ2v) is 6.39. The number of pyridine rings is 1. The Hall–Kier alpha value is -2.51. The number of carbonyl (C=O) groups excluding carboxylic acids is 1. The number of benzene rings is 1. The lowest BCUT2D eigenvalue weighted by atomic mass is 10.0. The third kappa shape index (κ3) is 4.17. The van der Waals surface area contributed by atoms with Crippen LogP contribution in [0.5, 0.6) is 5.75 Å². The van der Waals surface area contributed by atoms with E-state index in [2.05, 4.69) is 15.2 Å². The lowest BCUT2D eigenvalue weighted by Gasteiger charge is -2.18. The number of carbonyl (C=O) groups is 1. The van der Waals surface area contributed by atoms with Crippen LogP contribution in [0.2, 0.25) is 0 Å². The van der Waals surface area contributed by atoms with Gasteiger partial charge >= 0.3 is 0 Å². The summed E-state index contributed by atoms with van der Waals surface area (Å²) in [5.41, 5.74) is 1.16. The summed E-state index contributed by atoms with van der Waals surface area (Å²) < 4.78 is 18.7. The van der Waals surface area contributed by atoms with Crippen LogP contribution < -0.4 is 10.1 Å². The number of likely N-dealkylation sites (tertiary alicyclic amines) is 1. The van der Waals surface area contributed by atoms with Gasteiger partial charge in [-0.15, -0.1) is 0 Å². The molecule has 1 aliphatic heterocycles. The third-order valence-electron chi connectivity index (χ3n) is 4.59. The van der Waals surface area contributed by atoms with Crippen molar-refractivity contribution in [2.75, 3.05) is 26.8 Å². The van der Waals surface area contributed by atoms with Gasteiger partial charge in [0.15, 0.2) is 11.6 Å². The molecule has 2 heterocycles. The minimum atomic E-state index is -0.581. The number of nitrogens with zero attached hydrogens (tertiary/aromatic N) is 2. The first-order valence-corrected chi connectivity index (χ1v) is 8.48. The van der Waals surface area contributed by atoms with E-state index in [1.807, 2.05) is 18.2 Å². The van der Waals surface area contributed by atoms with Crippen molar-refractivity contribution in [3.8, 4) is 5.75 Å². The van der Waals surface area contributed by atoms with Crippen molar-refractivity contribution < 1.29 is 19.0 Å².